The first-order valence-corrected chi connectivity index (χ1v) is 7.60. The molecule has 24 heavy (non-hydrogen) atoms. The molecule has 6 nitrogen and oxygen atoms in total. The molecule has 1 aliphatic heterocycles. The lowest BCUT2D eigenvalue weighted by Gasteiger charge is -2.27. The summed E-state index contributed by atoms with van der Waals surface area (Å²) in [6.45, 7) is 2.99. The van der Waals surface area contributed by atoms with E-state index in [0.717, 1.165) is 36.6 Å². The first kappa shape index (κ1) is 14.6. The molecule has 2 aromatic heterocycles. The van der Waals surface area contributed by atoms with Gasteiger partial charge in [0.15, 0.2) is 0 Å². The van der Waals surface area contributed by atoms with Crippen molar-refractivity contribution in [3.63, 3.8) is 0 Å². The number of nitriles is 1. The molecule has 120 valence electrons. The predicted octanol–water partition coefficient (Wildman–Crippen LogP) is 2.56. The molecule has 0 spiro atoms. The summed E-state index contributed by atoms with van der Waals surface area (Å²) in [7, 11) is 0. The summed E-state index contributed by atoms with van der Waals surface area (Å²) in [4.78, 5) is 6.36. The van der Waals surface area contributed by atoms with Crippen molar-refractivity contribution in [2.24, 2.45) is 0 Å². The molecule has 3 heterocycles. The van der Waals surface area contributed by atoms with E-state index in [9.17, 15) is 4.39 Å². The fourth-order valence-corrected chi connectivity index (χ4v) is 2.92. The van der Waals surface area contributed by atoms with Crippen molar-refractivity contribution in [3.8, 4) is 17.7 Å². The normalized spacial score (nSPS) is 14.3. The second-order valence-electron chi connectivity index (χ2n) is 5.72. The molecule has 3 aromatic rings. The molecule has 0 radical (unpaired) electrons. The van der Waals surface area contributed by atoms with Crippen LogP contribution in [0.4, 0.5) is 4.39 Å². The van der Waals surface area contributed by atoms with E-state index in [1.54, 1.807) is 18.3 Å². The zero-order valence-corrected chi connectivity index (χ0v) is 12.8. The Balaban J connectivity index is 1.51. The van der Waals surface area contributed by atoms with E-state index in [1.165, 1.54) is 12.3 Å². The summed E-state index contributed by atoms with van der Waals surface area (Å²) < 4.78 is 20.7. The summed E-state index contributed by atoms with van der Waals surface area (Å²) in [5.41, 5.74) is 2.82. The molecule has 0 aliphatic carbocycles. The highest BCUT2D eigenvalue weighted by Crippen LogP contribution is 2.22. The molecular formula is C17H14FN5O. The number of rotatable bonds is 3. The summed E-state index contributed by atoms with van der Waals surface area (Å²) in [5, 5.41) is 13.5. The molecule has 0 amide bonds. The highest BCUT2D eigenvalue weighted by Gasteiger charge is 2.20. The quantitative estimate of drug-likeness (QED) is 0.741. The Bertz CT molecular complexity index is 910. The largest absolute Gasteiger partial charge is 0.443 e. The number of fused-ring (bicyclic) bond motifs is 1. The number of halogens is 1. The van der Waals surface area contributed by atoms with Gasteiger partial charge >= 0.3 is 0 Å². The van der Waals surface area contributed by atoms with Crippen molar-refractivity contribution in [2.45, 2.75) is 19.6 Å². The van der Waals surface area contributed by atoms with Crippen molar-refractivity contribution in [1.82, 2.24) is 19.7 Å². The molecule has 0 saturated heterocycles. The van der Waals surface area contributed by atoms with Crippen LogP contribution in [0, 0.1) is 17.1 Å². The second-order valence-corrected chi connectivity index (χ2v) is 5.72. The van der Waals surface area contributed by atoms with Gasteiger partial charge in [0.25, 0.3) is 0 Å². The van der Waals surface area contributed by atoms with Crippen molar-refractivity contribution >= 4 is 0 Å². The average Bonchev–Trinajstić information content (AvgIpc) is 3.25. The lowest BCUT2D eigenvalue weighted by atomic mass is 10.1. The monoisotopic (exact) mass is 323 g/mol. The van der Waals surface area contributed by atoms with Gasteiger partial charge in [0.05, 0.1) is 24.0 Å². The van der Waals surface area contributed by atoms with Crippen molar-refractivity contribution < 1.29 is 8.81 Å². The van der Waals surface area contributed by atoms with Crippen LogP contribution in [-0.2, 0) is 19.6 Å². The molecule has 0 atom stereocenters. The smallest absolute Gasteiger partial charge is 0.246 e. The molecule has 0 fully saturated rings. The topological polar surface area (TPSA) is 70.9 Å². The van der Waals surface area contributed by atoms with Crippen LogP contribution in [0.1, 0.15) is 16.8 Å². The first-order valence-electron chi connectivity index (χ1n) is 7.60. The first-order chi connectivity index (χ1) is 11.7. The third kappa shape index (κ3) is 2.68. The van der Waals surface area contributed by atoms with Crippen LogP contribution < -0.4 is 0 Å². The Morgan fingerprint density at radius 3 is 3.00 bits per heavy atom. The van der Waals surface area contributed by atoms with Crippen LogP contribution >= 0.6 is 0 Å². The average molecular weight is 323 g/mol. The Labute approximate surface area is 137 Å². The van der Waals surface area contributed by atoms with E-state index >= 15 is 0 Å². The SMILES string of the molecule is N#Cc1cc(CN2CCn3nc(-c4ncco4)cc3C2)ccc1F. The second kappa shape index (κ2) is 5.91. The predicted molar refractivity (Wildman–Crippen MR) is 83.0 cm³/mol. The minimum absolute atomic E-state index is 0.0840. The van der Waals surface area contributed by atoms with Crippen LogP contribution in [0.5, 0.6) is 0 Å². The Morgan fingerprint density at radius 2 is 2.21 bits per heavy atom. The van der Waals surface area contributed by atoms with E-state index in [4.69, 9.17) is 9.68 Å². The van der Waals surface area contributed by atoms with Gasteiger partial charge in [0, 0.05) is 19.6 Å². The molecular weight excluding hydrogens is 309 g/mol. The molecule has 0 bridgehead atoms. The maximum atomic E-state index is 13.4. The highest BCUT2D eigenvalue weighted by atomic mass is 19.1. The Hall–Kier alpha value is -2.98. The highest BCUT2D eigenvalue weighted by molar-refractivity contribution is 5.47. The third-order valence-corrected chi connectivity index (χ3v) is 4.09. The fourth-order valence-electron chi connectivity index (χ4n) is 2.92. The van der Waals surface area contributed by atoms with Crippen LogP contribution in [0.3, 0.4) is 0 Å². The van der Waals surface area contributed by atoms with Crippen LogP contribution in [0.15, 0.2) is 41.1 Å². The van der Waals surface area contributed by atoms with Gasteiger partial charge < -0.3 is 4.42 Å². The third-order valence-electron chi connectivity index (χ3n) is 4.09. The molecule has 1 aromatic carbocycles. The zero-order valence-electron chi connectivity index (χ0n) is 12.8. The minimum atomic E-state index is -0.478. The maximum Gasteiger partial charge on any atom is 0.246 e. The number of hydrogen-bond donors (Lipinski definition) is 0. The summed E-state index contributed by atoms with van der Waals surface area (Å²) >= 11 is 0. The van der Waals surface area contributed by atoms with Crippen molar-refractivity contribution in [3.05, 3.63) is 59.4 Å². The summed E-state index contributed by atoms with van der Waals surface area (Å²) in [6, 6.07) is 8.54. The number of benzene rings is 1. The Kier molecular flexibility index (Phi) is 3.59. The van der Waals surface area contributed by atoms with Crippen LogP contribution in [-0.4, -0.2) is 26.2 Å². The lowest BCUT2D eigenvalue weighted by Crippen LogP contribution is -2.33. The minimum Gasteiger partial charge on any atom is -0.443 e. The van der Waals surface area contributed by atoms with E-state index in [-0.39, 0.29) is 5.56 Å². The summed E-state index contributed by atoms with van der Waals surface area (Å²) in [5.74, 6) is 0.0363. The number of nitrogens with zero attached hydrogens (tertiary/aromatic N) is 5. The van der Waals surface area contributed by atoms with Crippen molar-refractivity contribution in [2.75, 3.05) is 6.54 Å². The number of oxazole rings is 1. The molecule has 0 unspecified atom stereocenters. The zero-order chi connectivity index (χ0) is 16.5. The van der Waals surface area contributed by atoms with E-state index in [2.05, 4.69) is 15.0 Å². The maximum absolute atomic E-state index is 13.4. The molecule has 4 rings (SSSR count). The van der Waals surface area contributed by atoms with Gasteiger partial charge in [-0.15, -0.1) is 0 Å². The standard InChI is InChI=1S/C17H14FN5O/c18-15-2-1-12(7-13(15)9-19)10-22-4-5-23-14(11-22)8-16(21-23)17-20-3-6-24-17/h1-3,6-8H,4-5,10-11H2. The van der Waals surface area contributed by atoms with Gasteiger partial charge in [-0.05, 0) is 23.8 Å². The molecule has 0 N–H and O–H groups in total. The molecule has 1 aliphatic rings. The van der Waals surface area contributed by atoms with E-state index < -0.39 is 5.82 Å². The van der Waals surface area contributed by atoms with Gasteiger partial charge in [-0.2, -0.15) is 10.4 Å². The van der Waals surface area contributed by atoms with Gasteiger partial charge in [-0.3, -0.25) is 9.58 Å². The number of aromatic nitrogens is 3. The number of hydrogen-bond acceptors (Lipinski definition) is 5. The fraction of sp³-hybridized carbons (Fsp3) is 0.235. The van der Waals surface area contributed by atoms with Gasteiger partial charge in [0.2, 0.25) is 5.89 Å². The van der Waals surface area contributed by atoms with E-state index in [1.807, 2.05) is 16.8 Å². The van der Waals surface area contributed by atoms with Crippen LogP contribution in [0.2, 0.25) is 0 Å². The van der Waals surface area contributed by atoms with Gasteiger partial charge in [-0.1, -0.05) is 6.07 Å². The summed E-state index contributed by atoms with van der Waals surface area (Å²) in [6.07, 6.45) is 3.13. The molecule has 0 saturated carbocycles. The lowest BCUT2D eigenvalue weighted by molar-refractivity contribution is 0.205. The van der Waals surface area contributed by atoms with Gasteiger partial charge in [0.1, 0.15) is 23.8 Å². The Morgan fingerprint density at radius 1 is 1.29 bits per heavy atom. The molecule has 7 heteroatoms. The van der Waals surface area contributed by atoms with Crippen LogP contribution in [0.25, 0.3) is 11.6 Å². The van der Waals surface area contributed by atoms with Crippen molar-refractivity contribution in [1.29, 1.82) is 5.26 Å². The van der Waals surface area contributed by atoms with E-state index in [0.29, 0.717) is 12.4 Å². The van der Waals surface area contributed by atoms with Gasteiger partial charge in [-0.25, -0.2) is 9.37 Å².